The summed E-state index contributed by atoms with van der Waals surface area (Å²) < 4.78 is 1.97. The third kappa shape index (κ3) is 3.97. The molecule has 0 fully saturated rings. The lowest BCUT2D eigenvalue weighted by molar-refractivity contribution is 0.534. The Kier molecular flexibility index (Phi) is 6.46. The van der Waals surface area contributed by atoms with E-state index in [2.05, 4.69) is 37.9 Å². The maximum absolute atomic E-state index is 6.35. The van der Waals surface area contributed by atoms with E-state index in [1.165, 1.54) is 0 Å². The van der Waals surface area contributed by atoms with Gasteiger partial charge in [0.25, 0.3) is 0 Å². The van der Waals surface area contributed by atoms with Gasteiger partial charge >= 0.3 is 0 Å². The molecule has 112 valence electrons. The third-order valence-electron chi connectivity index (χ3n) is 3.50. The van der Waals surface area contributed by atoms with E-state index in [-0.39, 0.29) is 5.41 Å². The summed E-state index contributed by atoms with van der Waals surface area (Å²) in [7, 11) is 0. The van der Waals surface area contributed by atoms with Gasteiger partial charge in [0.15, 0.2) is 0 Å². The molecule has 0 aliphatic carbocycles. The Balaban J connectivity index is 2.46. The van der Waals surface area contributed by atoms with Crippen molar-refractivity contribution < 1.29 is 0 Å². The molecule has 2 aromatic carbocycles. The molecule has 0 unspecified atom stereocenters. The van der Waals surface area contributed by atoms with Gasteiger partial charge < -0.3 is 0 Å². The van der Waals surface area contributed by atoms with Crippen LogP contribution >= 0.6 is 66.7 Å². The smallest absolute Gasteiger partial charge is 0.0449 e. The van der Waals surface area contributed by atoms with Crippen LogP contribution in [-0.4, -0.2) is 11.8 Å². The minimum atomic E-state index is -0.360. The van der Waals surface area contributed by atoms with Crippen molar-refractivity contribution in [3.63, 3.8) is 0 Å². The quantitative estimate of drug-likeness (QED) is 0.420. The van der Waals surface area contributed by atoms with Crippen LogP contribution in [0.4, 0.5) is 0 Å². The van der Waals surface area contributed by atoms with E-state index in [1.54, 1.807) is 0 Å². The first-order valence-electron chi connectivity index (χ1n) is 6.33. The van der Waals surface area contributed by atoms with Crippen molar-refractivity contribution in [1.82, 2.24) is 0 Å². The van der Waals surface area contributed by atoms with Gasteiger partial charge in [0.05, 0.1) is 0 Å². The van der Waals surface area contributed by atoms with Crippen molar-refractivity contribution in [3.8, 4) is 0 Å². The molecule has 2 rings (SSSR count). The van der Waals surface area contributed by atoms with Gasteiger partial charge in [0.1, 0.15) is 0 Å². The molecule has 0 N–H and O–H groups in total. The summed E-state index contributed by atoms with van der Waals surface area (Å²) in [6.07, 6.45) is 0.689. The zero-order valence-corrected chi connectivity index (χ0v) is 16.5. The highest BCUT2D eigenvalue weighted by atomic mass is 79.9. The van der Waals surface area contributed by atoms with Crippen LogP contribution in [0.2, 0.25) is 5.02 Å². The molecule has 0 nitrogen and oxygen atoms in total. The fourth-order valence-corrected chi connectivity index (χ4v) is 4.50. The minimum Gasteiger partial charge on any atom is -0.126 e. The molecule has 2 aromatic rings. The maximum atomic E-state index is 6.35. The predicted molar refractivity (Wildman–Crippen MR) is 100 cm³/mol. The minimum absolute atomic E-state index is 0.360. The van der Waals surface area contributed by atoms with Crippen molar-refractivity contribution in [3.05, 3.63) is 67.6 Å². The number of rotatable bonds is 5. The van der Waals surface area contributed by atoms with E-state index >= 15 is 0 Å². The molecule has 0 atom stereocenters. The van der Waals surface area contributed by atoms with Crippen LogP contribution in [0.3, 0.4) is 0 Å². The van der Waals surface area contributed by atoms with Gasteiger partial charge in [0, 0.05) is 31.1 Å². The fourth-order valence-electron chi connectivity index (χ4n) is 2.29. The third-order valence-corrected chi connectivity index (χ3v) is 6.06. The molecule has 0 bridgehead atoms. The summed E-state index contributed by atoms with van der Waals surface area (Å²) in [6, 6.07) is 13.9. The normalized spacial score (nSPS) is 11.7. The standard InChI is InChI=1S/C16H13Br2Cl3/c17-12-6-5-11(15(21)7-12)8-16(9-19,10-20)13-3-1-2-4-14(13)18/h1-7H,8-10H2. The Morgan fingerprint density at radius 1 is 0.952 bits per heavy atom. The molecule has 0 saturated heterocycles. The number of hydrogen-bond donors (Lipinski definition) is 0. The van der Waals surface area contributed by atoms with Crippen molar-refractivity contribution in [2.75, 3.05) is 11.8 Å². The van der Waals surface area contributed by atoms with Gasteiger partial charge in [0.2, 0.25) is 0 Å². The molecule has 0 radical (unpaired) electrons. The van der Waals surface area contributed by atoms with Gasteiger partial charge in [-0.2, -0.15) is 0 Å². The lowest BCUT2D eigenvalue weighted by Crippen LogP contribution is -2.34. The van der Waals surface area contributed by atoms with Crippen molar-refractivity contribution in [2.24, 2.45) is 0 Å². The molecule has 0 heterocycles. The first kappa shape index (κ1) is 17.6. The fraction of sp³-hybridized carbons (Fsp3) is 0.250. The molecule has 5 heteroatoms. The highest BCUT2D eigenvalue weighted by Crippen LogP contribution is 2.37. The summed E-state index contributed by atoms with van der Waals surface area (Å²) in [5.41, 5.74) is 1.78. The zero-order chi connectivity index (χ0) is 15.5. The van der Waals surface area contributed by atoms with Crippen LogP contribution in [0.5, 0.6) is 0 Å². The molecule has 0 aliphatic rings. The number of benzene rings is 2. The number of hydrogen-bond acceptors (Lipinski definition) is 0. The SMILES string of the molecule is ClCC(CCl)(Cc1ccc(Br)cc1Cl)c1ccccc1Br. The van der Waals surface area contributed by atoms with Gasteiger partial charge in [-0.3, -0.25) is 0 Å². The van der Waals surface area contributed by atoms with Crippen LogP contribution in [-0.2, 0) is 11.8 Å². The van der Waals surface area contributed by atoms with E-state index in [9.17, 15) is 0 Å². The molecular weight excluding hydrogens is 458 g/mol. The summed E-state index contributed by atoms with van der Waals surface area (Å²) >= 11 is 26.0. The molecule has 0 amide bonds. The molecule has 0 aliphatic heterocycles. The van der Waals surface area contributed by atoms with E-state index in [0.717, 1.165) is 25.1 Å². The van der Waals surface area contributed by atoms with Crippen molar-refractivity contribution in [1.29, 1.82) is 0 Å². The van der Waals surface area contributed by atoms with Gasteiger partial charge in [-0.15, -0.1) is 23.2 Å². The van der Waals surface area contributed by atoms with Crippen LogP contribution in [0.1, 0.15) is 11.1 Å². The van der Waals surface area contributed by atoms with Crippen LogP contribution in [0, 0.1) is 0 Å². The highest BCUT2D eigenvalue weighted by molar-refractivity contribution is 9.10. The van der Waals surface area contributed by atoms with E-state index < -0.39 is 0 Å². The largest absolute Gasteiger partial charge is 0.126 e. The molecule has 0 spiro atoms. The second-order valence-electron chi connectivity index (χ2n) is 4.94. The van der Waals surface area contributed by atoms with E-state index in [4.69, 9.17) is 34.8 Å². The Bertz CT molecular complexity index is 625. The molecule has 21 heavy (non-hydrogen) atoms. The topological polar surface area (TPSA) is 0 Å². The average molecular weight is 471 g/mol. The first-order valence-corrected chi connectivity index (χ1v) is 9.36. The predicted octanol–water partition coefficient (Wildman–Crippen LogP) is 6.82. The first-order chi connectivity index (χ1) is 10.0. The Morgan fingerprint density at radius 2 is 1.62 bits per heavy atom. The monoisotopic (exact) mass is 468 g/mol. The highest BCUT2D eigenvalue weighted by Gasteiger charge is 2.33. The summed E-state index contributed by atoms with van der Waals surface area (Å²) in [6.45, 7) is 0. The Labute approximate surface area is 157 Å². The van der Waals surface area contributed by atoms with E-state index in [1.807, 2.05) is 36.4 Å². The van der Waals surface area contributed by atoms with Crippen LogP contribution in [0.15, 0.2) is 51.4 Å². The van der Waals surface area contributed by atoms with Gasteiger partial charge in [-0.1, -0.05) is 67.7 Å². The number of alkyl halides is 2. The summed E-state index contributed by atoms with van der Waals surface area (Å²) in [4.78, 5) is 0. The van der Waals surface area contributed by atoms with Crippen LogP contribution in [0.25, 0.3) is 0 Å². The average Bonchev–Trinajstić information content (AvgIpc) is 2.48. The summed E-state index contributed by atoms with van der Waals surface area (Å²) in [5.74, 6) is 0.844. The molecular formula is C16H13Br2Cl3. The second-order valence-corrected chi connectivity index (χ2v) is 7.65. The Morgan fingerprint density at radius 3 is 2.19 bits per heavy atom. The second kappa shape index (κ2) is 7.70. The lowest BCUT2D eigenvalue weighted by Gasteiger charge is -2.31. The van der Waals surface area contributed by atoms with Gasteiger partial charge in [-0.25, -0.2) is 0 Å². The Hall–Kier alpha value is 0.270. The maximum Gasteiger partial charge on any atom is 0.0449 e. The molecule has 0 saturated carbocycles. The van der Waals surface area contributed by atoms with Gasteiger partial charge in [-0.05, 0) is 35.7 Å². The van der Waals surface area contributed by atoms with Crippen LogP contribution < -0.4 is 0 Å². The lowest BCUT2D eigenvalue weighted by atomic mass is 9.78. The number of halogens is 5. The summed E-state index contributed by atoms with van der Waals surface area (Å²) in [5, 5.41) is 0.719. The molecule has 0 aromatic heterocycles. The van der Waals surface area contributed by atoms with Crippen molar-refractivity contribution in [2.45, 2.75) is 11.8 Å². The zero-order valence-electron chi connectivity index (χ0n) is 11.1. The van der Waals surface area contributed by atoms with Crippen molar-refractivity contribution >= 4 is 66.7 Å². The van der Waals surface area contributed by atoms with E-state index in [0.29, 0.717) is 18.2 Å².